The van der Waals surface area contributed by atoms with Crippen molar-refractivity contribution >= 4 is 46.3 Å². The number of hydrogen-bond acceptors (Lipinski definition) is 7. The average molecular weight is 703 g/mol. The quantitative estimate of drug-likeness (QED) is 0.158. The maximum atomic E-state index is 14.5. The maximum Gasteiger partial charge on any atom is 0.258 e. The molecule has 0 saturated carbocycles. The van der Waals surface area contributed by atoms with Crippen LogP contribution in [0.25, 0.3) is 10.8 Å². The number of aliphatic imine (C=N–C) groups is 1. The Morgan fingerprint density at radius 3 is 2.57 bits per heavy atom. The zero-order chi connectivity index (χ0) is 36.7. The molecule has 0 aromatic heterocycles. The average Bonchev–Trinajstić information content (AvgIpc) is 3.51. The summed E-state index contributed by atoms with van der Waals surface area (Å²) in [6.45, 7) is 0.00188. The molecule has 3 atom stereocenters. The highest BCUT2D eigenvalue weighted by atomic mass is 19.1. The van der Waals surface area contributed by atoms with E-state index in [0.29, 0.717) is 6.42 Å². The van der Waals surface area contributed by atoms with Crippen LogP contribution in [0, 0.1) is 5.82 Å². The van der Waals surface area contributed by atoms with E-state index in [1.807, 2.05) is 42.5 Å². The van der Waals surface area contributed by atoms with Crippen LogP contribution < -0.4 is 26.8 Å². The SMILES string of the molecule is CN1CC(=O)N2CC(NC(=O)Cc3cccc4ccccc34)CC2COc2ccc(F)cc2C(=O)N(C)C(C(=O)NCCN=C(N)N)CCC1=O. The van der Waals surface area contributed by atoms with Gasteiger partial charge in [0.25, 0.3) is 5.91 Å². The molecule has 2 heterocycles. The van der Waals surface area contributed by atoms with Crippen LogP contribution in [-0.2, 0) is 25.6 Å². The molecule has 6 N–H and O–H groups in total. The minimum atomic E-state index is -1.13. The molecule has 51 heavy (non-hydrogen) atoms. The van der Waals surface area contributed by atoms with Crippen molar-refractivity contribution in [2.24, 2.45) is 16.5 Å². The van der Waals surface area contributed by atoms with E-state index in [1.165, 1.54) is 25.1 Å². The van der Waals surface area contributed by atoms with Gasteiger partial charge in [-0.15, -0.1) is 0 Å². The monoisotopic (exact) mass is 702 g/mol. The third-order valence-corrected chi connectivity index (χ3v) is 9.16. The highest BCUT2D eigenvalue weighted by Gasteiger charge is 2.38. The molecule has 3 aromatic carbocycles. The molecular formula is C36H43FN8O6. The number of nitrogens with one attached hydrogen (secondary N) is 2. The first-order valence-electron chi connectivity index (χ1n) is 16.7. The number of carbonyl (C=O) groups excluding carboxylic acids is 5. The summed E-state index contributed by atoms with van der Waals surface area (Å²) < 4.78 is 20.7. The lowest BCUT2D eigenvalue weighted by Crippen LogP contribution is -2.49. The van der Waals surface area contributed by atoms with Crippen LogP contribution in [0.1, 0.15) is 35.2 Å². The van der Waals surface area contributed by atoms with Gasteiger partial charge in [-0.2, -0.15) is 0 Å². The van der Waals surface area contributed by atoms with E-state index in [2.05, 4.69) is 15.6 Å². The van der Waals surface area contributed by atoms with Crippen molar-refractivity contribution in [3.63, 3.8) is 0 Å². The normalized spacial score (nSPS) is 20.1. The smallest absolute Gasteiger partial charge is 0.258 e. The molecule has 0 spiro atoms. The molecule has 5 rings (SSSR count). The fourth-order valence-corrected chi connectivity index (χ4v) is 6.51. The van der Waals surface area contributed by atoms with Gasteiger partial charge in [0.15, 0.2) is 5.96 Å². The zero-order valence-corrected chi connectivity index (χ0v) is 28.6. The first-order chi connectivity index (χ1) is 24.4. The lowest BCUT2D eigenvalue weighted by molar-refractivity contribution is -0.140. The minimum Gasteiger partial charge on any atom is -0.491 e. The molecule has 3 unspecified atom stereocenters. The Bertz CT molecular complexity index is 1830. The van der Waals surface area contributed by atoms with Crippen LogP contribution >= 0.6 is 0 Å². The number of nitrogens with zero attached hydrogens (tertiary/aromatic N) is 4. The Hall–Kier alpha value is -5.73. The molecule has 0 radical (unpaired) electrons. The van der Waals surface area contributed by atoms with E-state index in [1.54, 1.807) is 4.90 Å². The van der Waals surface area contributed by atoms with Gasteiger partial charge >= 0.3 is 0 Å². The number of benzene rings is 3. The van der Waals surface area contributed by atoms with Crippen molar-refractivity contribution < 1.29 is 33.1 Å². The summed E-state index contributed by atoms with van der Waals surface area (Å²) in [5, 5.41) is 7.73. The summed E-state index contributed by atoms with van der Waals surface area (Å²) >= 11 is 0. The van der Waals surface area contributed by atoms with Gasteiger partial charge in [-0.25, -0.2) is 4.39 Å². The number of hydrogen-bond donors (Lipinski definition) is 4. The highest BCUT2D eigenvalue weighted by Crippen LogP contribution is 2.27. The molecule has 1 saturated heterocycles. The lowest BCUT2D eigenvalue weighted by Gasteiger charge is -2.28. The van der Waals surface area contributed by atoms with E-state index in [4.69, 9.17) is 16.2 Å². The van der Waals surface area contributed by atoms with E-state index < -0.39 is 41.7 Å². The van der Waals surface area contributed by atoms with Crippen LogP contribution in [0.2, 0.25) is 0 Å². The van der Waals surface area contributed by atoms with Gasteiger partial charge in [-0.1, -0.05) is 42.5 Å². The molecular weight excluding hydrogens is 659 g/mol. The molecule has 14 nitrogen and oxygen atoms in total. The summed E-state index contributed by atoms with van der Waals surface area (Å²) in [7, 11) is 2.87. The fraction of sp³-hybridized carbons (Fsp3) is 0.389. The molecule has 3 aromatic rings. The molecule has 0 bridgehead atoms. The number of halogens is 1. The Morgan fingerprint density at radius 2 is 1.78 bits per heavy atom. The molecule has 15 heteroatoms. The predicted octanol–water partition coefficient (Wildman–Crippen LogP) is 0.769. The molecule has 5 amide bonds. The largest absolute Gasteiger partial charge is 0.491 e. The first-order valence-corrected chi connectivity index (χ1v) is 16.7. The second-order valence-electron chi connectivity index (χ2n) is 12.8. The molecule has 2 aliphatic heterocycles. The van der Waals surface area contributed by atoms with Crippen molar-refractivity contribution in [3.8, 4) is 5.75 Å². The van der Waals surface area contributed by atoms with Crippen LogP contribution in [0.3, 0.4) is 0 Å². The van der Waals surface area contributed by atoms with Crippen molar-refractivity contribution in [1.29, 1.82) is 0 Å². The van der Waals surface area contributed by atoms with Gasteiger partial charge in [-0.05, 0) is 47.4 Å². The van der Waals surface area contributed by atoms with Crippen LogP contribution in [0.15, 0.2) is 65.7 Å². The zero-order valence-electron chi connectivity index (χ0n) is 28.6. The number of guanidine groups is 1. The van der Waals surface area contributed by atoms with E-state index in [0.717, 1.165) is 33.4 Å². The van der Waals surface area contributed by atoms with Gasteiger partial charge in [0.2, 0.25) is 23.6 Å². The first kappa shape index (κ1) is 36.5. The van der Waals surface area contributed by atoms with Gasteiger partial charge in [0, 0.05) is 39.6 Å². The van der Waals surface area contributed by atoms with E-state index in [-0.39, 0.29) is 81.1 Å². The molecule has 2 aliphatic rings. The van der Waals surface area contributed by atoms with Gasteiger partial charge in [-0.3, -0.25) is 29.0 Å². The van der Waals surface area contributed by atoms with Crippen LogP contribution in [0.5, 0.6) is 5.75 Å². The van der Waals surface area contributed by atoms with Gasteiger partial charge in [0.05, 0.1) is 31.1 Å². The summed E-state index contributed by atoms with van der Waals surface area (Å²) in [6.07, 6.45) is 0.234. The molecule has 1 fully saturated rings. The van der Waals surface area contributed by atoms with Crippen LogP contribution in [0.4, 0.5) is 4.39 Å². The topological polar surface area (TPSA) is 193 Å². The lowest BCUT2D eigenvalue weighted by atomic mass is 10.0. The Morgan fingerprint density at radius 1 is 1.02 bits per heavy atom. The molecule has 0 aliphatic carbocycles. The predicted molar refractivity (Wildman–Crippen MR) is 188 cm³/mol. The second kappa shape index (κ2) is 16.3. The number of fused-ring (bicyclic) bond motifs is 3. The Kier molecular flexibility index (Phi) is 11.7. The summed E-state index contributed by atoms with van der Waals surface area (Å²) in [5.41, 5.74) is 11.4. The van der Waals surface area contributed by atoms with E-state index >= 15 is 0 Å². The standard InChI is InChI=1S/C36H43FN8O6/c1-43-20-33(48)45-19-25(42-31(46)16-23-8-5-7-22-6-3-4-9-27(22)23)18-26(45)21-51-30-12-10-24(37)17-28(30)35(50)44(2)29(11-13-32(43)47)34(49)40-14-15-41-36(38)39/h3-10,12,17,25-26,29H,11,13-16,18-21H2,1-2H3,(H,40,49)(H,42,46)(H4,38,39,41). The van der Waals surface area contributed by atoms with E-state index in [9.17, 15) is 28.4 Å². The van der Waals surface area contributed by atoms with Crippen molar-refractivity contribution in [3.05, 3.63) is 77.6 Å². The highest BCUT2D eigenvalue weighted by molar-refractivity contribution is 6.00. The third kappa shape index (κ3) is 9.09. The molecule has 270 valence electrons. The van der Waals surface area contributed by atoms with Crippen LogP contribution in [-0.4, -0.2) is 115 Å². The number of amides is 5. The van der Waals surface area contributed by atoms with Gasteiger partial charge in [0.1, 0.15) is 24.2 Å². The third-order valence-electron chi connectivity index (χ3n) is 9.16. The van der Waals surface area contributed by atoms with Crippen molar-refractivity contribution in [2.75, 3.05) is 46.9 Å². The van der Waals surface area contributed by atoms with Gasteiger partial charge < -0.3 is 41.5 Å². The number of nitrogens with two attached hydrogens (primary N) is 2. The van der Waals surface area contributed by atoms with Crippen molar-refractivity contribution in [1.82, 2.24) is 25.3 Å². The fourth-order valence-electron chi connectivity index (χ4n) is 6.51. The maximum absolute atomic E-state index is 14.5. The summed E-state index contributed by atoms with van der Waals surface area (Å²) in [5.74, 6) is -3.05. The summed E-state index contributed by atoms with van der Waals surface area (Å²) in [4.78, 5) is 75.1. The number of rotatable bonds is 7. The second-order valence-corrected chi connectivity index (χ2v) is 12.8. The number of likely N-dealkylation sites (N-methyl/N-ethyl adjacent to an activating group) is 2. The Balaban J connectivity index is 1.36. The number of carbonyl (C=O) groups is 5. The Labute approximate surface area is 294 Å². The van der Waals surface area contributed by atoms with Crippen molar-refractivity contribution in [2.45, 2.75) is 43.8 Å². The number of ether oxygens (including phenoxy) is 1. The minimum absolute atomic E-state index is 0.0547. The summed E-state index contributed by atoms with van der Waals surface area (Å²) in [6, 6.07) is 15.0.